The van der Waals surface area contributed by atoms with Crippen LogP contribution in [0.25, 0.3) is 0 Å². The first-order valence-corrected chi connectivity index (χ1v) is 7.85. The first-order chi connectivity index (χ1) is 11.6. The zero-order valence-electron chi connectivity index (χ0n) is 12.4. The number of H-pyrrole nitrogens is 1. The van der Waals surface area contributed by atoms with Gasteiger partial charge in [0.05, 0.1) is 16.4 Å². The molecule has 3 aromatic rings. The highest BCUT2D eigenvalue weighted by molar-refractivity contribution is 7.99. The van der Waals surface area contributed by atoms with Crippen molar-refractivity contribution in [3.63, 3.8) is 0 Å². The van der Waals surface area contributed by atoms with E-state index in [9.17, 15) is 20.0 Å². The van der Waals surface area contributed by atoms with Gasteiger partial charge in [-0.3, -0.25) is 20.0 Å². The summed E-state index contributed by atoms with van der Waals surface area (Å²) in [6.07, 6.45) is 0. The molecule has 0 aliphatic heterocycles. The van der Waals surface area contributed by atoms with Crippen LogP contribution in [0.1, 0.15) is 5.56 Å². The van der Waals surface area contributed by atoms with Gasteiger partial charge in [0.15, 0.2) is 0 Å². The smallest absolute Gasteiger partial charge is 0.283 e. The third-order valence-corrected chi connectivity index (χ3v) is 4.50. The molecule has 1 aromatic heterocycles. The van der Waals surface area contributed by atoms with E-state index in [-0.39, 0.29) is 16.5 Å². The Bertz CT molecular complexity index is 934. The highest BCUT2D eigenvalue weighted by Crippen LogP contribution is 2.36. The number of nitro groups is 1. The number of rotatable bonds is 5. The van der Waals surface area contributed by atoms with Gasteiger partial charge >= 0.3 is 0 Å². The summed E-state index contributed by atoms with van der Waals surface area (Å²) in [6, 6.07) is 15.4. The number of para-hydroxylation sites is 1. The Morgan fingerprint density at radius 2 is 1.79 bits per heavy atom. The molecule has 0 radical (unpaired) electrons. The van der Waals surface area contributed by atoms with Crippen LogP contribution in [-0.4, -0.2) is 19.8 Å². The van der Waals surface area contributed by atoms with E-state index in [1.807, 2.05) is 30.3 Å². The third kappa shape index (κ3) is 3.18. The number of nitrogens with zero attached hydrogens (tertiary/aromatic N) is 2. The van der Waals surface area contributed by atoms with Crippen molar-refractivity contribution in [2.45, 2.75) is 16.3 Å². The summed E-state index contributed by atoms with van der Waals surface area (Å²) in [6.45, 7) is 0.291. The van der Waals surface area contributed by atoms with Gasteiger partial charge in [0.2, 0.25) is 5.88 Å². The minimum absolute atomic E-state index is 0.0280. The second-order valence-electron chi connectivity index (χ2n) is 4.99. The second-order valence-corrected chi connectivity index (χ2v) is 6.04. The summed E-state index contributed by atoms with van der Waals surface area (Å²) in [5, 5.41) is 23.9. The van der Waals surface area contributed by atoms with E-state index in [0.29, 0.717) is 11.4 Å². The Morgan fingerprint density at radius 3 is 2.50 bits per heavy atom. The summed E-state index contributed by atoms with van der Waals surface area (Å²) in [7, 11) is 0. The molecule has 0 saturated carbocycles. The lowest BCUT2D eigenvalue weighted by atomic mass is 10.2. The molecule has 24 heavy (non-hydrogen) atoms. The largest absolute Gasteiger partial charge is 0.493 e. The van der Waals surface area contributed by atoms with Gasteiger partial charge in [-0.05, 0) is 11.6 Å². The lowest BCUT2D eigenvalue weighted by Gasteiger charge is -2.05. The van der Waals surface area contributed by atoms with Gasteiger partial charge < -0.3 is 5.11 Å². The topological polar surface area (TPSA) is 101 Å². The average molecular weight is 343 g/mol. The van der Waals surface area contributed by atoms with Crippen LogP contribution in [0.2, 0.25) is 0 Å². The number of nitrogens with one attached hydrogen (secondary N) is 1. The molecule has 0 unspecified atom stereocenters. The molecule has 7 nitrogen and oxygen atoms in total. The predicted molar refractivity (Wildman–Crippen MR) is 89.5 cm³/mol. The maximum absolute atomic E-state index is 12.1. The number of aromatic hydroxyl groups is 1. The van der Waals surface area contributed by atoms with Gasteiger partial charge in [-0.2, -0.15) is 0 Å². The molecule has 0 aliphatic rings. The van der Waals surface area contributed by atoms with Crippen LogP contribution >= 0.6 is 11.8 Å². The molecule has 0 atom stereocenters. The number of hydrogen-bond acceptors (Lipinski definition) is 5. The molecule has 0 fully saturated rings. The first-order valence-electron chi connectivity index (χ1n) is 7.03. The van der Waals surface area contributed by atoms with Crippen LogP contribution in [-0.2, 0) is 6.54 Å². The van der Waals surface area contributed by atoms with Crippen LogP contribution in [0.15, 0.2) is 69.2 Å². The zero-order valence-corrected chi connectivity index (χ0v) is 13.2. The standard InChI is InChI=1S/C16H13N3O4S/c20-15-14(24-13-9-5-4-8-12(13)19(22)23)16(21)18(17-15)10-11-6-2-1-3-7-11/h1-9,21H,10H2,(H,17,20). The van der Waals surface area contributed by atoms with Crippen LogP contribution in [0, 0.1) is 10.1 Å². The van der Waals surface area contributed by atoms with Crippen LogP contribution in [0.3, 0.4) is 0 Å². The van der Waals surface area contributed by atoms with Gasteiger partial charge in [0.1, 0.15) is 4.90 Å². The van der Waals surface area contributed by atoms with Crippen molar-refractivity contribution in [2.24, 2.45) is 0 Å². The van der Waals surface area contributed by atoms with E-state index in [4.69, 9.17) is 0 Å². The molecule has 3 rings (SSSR count). The summed E-state index contributed by atoms with van der Waals surface area (Å²) in [4.78, 5) is 23.0. The molecule has 0 bridgehead atoms. The van der Waals surface area contributed by atoms with Crippen LogP contribution < -0.4 is 5.56 Å². The fraction of sp³-hybridized carbons (Fsp3) is 0.0625. The Hall–Kier alpha value is -3.00. The molecule has 8 heteroatoms. The number of aromatic nitrogens is 2. The number of nitro benzene ring substituents is 1. The van der Waals surface area contributed by atoms with Crippen molar-refractivity contribution in [2.75, 3.05) is 0 Å². The fourth-order valence-electron chi connectivity index (χ4n) is 2.23. The average Bonchev–Trinajstić information content (AvgIpc) is 2.84. The lowest BCUT2D eigenvalue weighted by molar-refractivity contribution is -0.387. The molecule has 2 aromatic carbocycles. The molecule has 122 valence electrons. The number of aromatic amines is 1. The maximum atomic E-state index is 12.1. The van der Waals surface area contributed by atoms with Crippen molar-refractivity contribution < 1.29 is 10.0 Å². The fourth-order valence-corrected chi connectivity index (χ4v) is 3.18. The van der Waals surface area contributed by atoms with E-state index in [1.165, 1.54) is 16.8 Å². The monoisotopic (exact) mass is 343 g/mol. The van der Waals surface area contributed by atoms with Crippen LogP contribution in [0.4, 0.5) is 5.69 Å². The van der Waals surface area contributed by atoms with Crippen molar-refractivity contribution >= 4 is 17.4 Å². The quantitative estimate of drug-likeness (QED) is 0.548. The molecule has 0 spiro atoms. The van der Waals surface area contributed by atoms with Crippen molar-refractivity contribution in [1.82, 2.24) is 9.78 Å². The van der Waals surface area contributed by atoms with Gasteiger partial charge in [0, 0.05) is 6.07 Å². The molecular weight excluding hydrogens is 330 g/mol. The molecule has 0 saturated heterocycles. The summed E-state index contributed by atoms with van der Waals surface area (Å²) in [5.74, 6) is -0.244. The van der Waals surface area contributed by atoms with Crippen molar-refractivity contribution in [3.05, 3.63) is 80.6 Å². The predicted octanol–water partition coefficient (Wildman–Crippen LogP) is 2.99. The number of benzene rings is 2. The molecular formula is C16H13N3O4S. The van der Waals surface area contributed by atoms with Crippen LogP contribution in [0.5, 0.6) is 5.88 Å². The van der Waals surface area contributed by atoms with Crippen molar-refractivity contribution in [3.8, 4) is 5.88 Å². The molecule has 0 aliphatic carbocycles. The molecule has 0 amide bonds. The highest BCUT2D eigenvalue weighted by atomic mass is 32.2. The van der Waals surface area contributed by atoms with E-state index < -0.39 is 10.5 Å². The van der Waals surface area contributed by atoms with Crippen molar-refractivity contribution in [1.29, 1.82) is 0 Å². The van der Waals surface area contributed by atoms with Gasteiger partial charge in [0.25, 0.3) is 11.2 Å². The molecule has 2 N–H and O–H groups in total. The zero-order chi connectivity index (χ0) is 17.1. The summed E-state index contributed by atoms with van der Waals surface area (Å²) >= 11 is 0.871. The Morgan fingerprint density at radius 1 is 1.12 bits per heavy atom. The van der Waals surface area contributed by atoms with E-state index in [1.54, 1.807) is 12.1 Å². The Labute approximate surface area is 140 Å². The SMILES string of the molecule is O=c1[nH]n(Cc2ccccc2)c(O)c1Sc1ccccc1[N+](=O)[O-]. The van der Waals surface area contributed by atoms with Gasteiger partial charge in [-0.15, -0.1) is 0 Å². The Balaban J connectivity index is 1.93. The minimum Gasteiger partial charge on any atom is -0.493 e. The van der Waals surface area contributed by atoms with E-state index >= 15 is 0 Å². The second kappa shape index (κ2) is 6.63. The number of hydrogen-bond donors (Lipinski definition) is 2. The van der Waals surface area contributed by atoms with Gasteiger partial charge in [-0.1, -0.05) is 54.2 Å². The molecule has 1 heterocycles. The maximum Gasteiger partial charge on any atom is 0.283 e. The lowest BCUT2D eigenvalue weighted by Crippen LogP contribution is -2.07. The highest BCUT2D eigenvalue weighted by Gasteiger charge is 2.20. The van der Waals surface area contributed by atoms with E-state index in [2.05, 4.69) is 5.10 Å². The Kier molecular flexibility index (Phi) is 4.39. The third-order valence-electron chi connectivity index (χ3n) is 3.36. The minimum atomic E-state index is -0.519. The van der Waals surface area contributed by atoms with Gasteiger partial charge in [-0.25, -0.2) is 4.68 Å². The first kappa shape index (κ1) is 15.9. The normalized spacial score (nSPS) is 10.7. The summed E-state index contributed by atoms with van der Waals surface area (Å²) in [5.41, 5.74) is 0.296. The van der Waals surface area contributed by atoms with E-state index in [0.717, 1.165) is 17.3 Å². The summed E-state index contributed by atoms with van der Waals surface area (Å²) < 4.78 is 1.31.